The molecule has 164 valence electrons. The molecular weight excluding hydrogens is 471 g/mol. The highest BCUT2D eigenvalue weighted by molar-refractivity contribution is 6.39. The first-order chi connectivity index (χ1) is 15.3. The smallest absolute Gasteiger partial charge is 0.300 e. The third-order valence-electron chi connectivity index (χ3n) is 4.18. The number of fused-ring (bicyclic) bond motifs is 1. The molecule has 0 saturated carbocycles. The Morgan fingerprint density at radius 1 is 0.969 bits per heavy atom. The molecule has 0 unspecified atom stereocenters. The normalized spacial score (nSPS) is 10.2. The van der Waals surface area contributed by atoms with Gasteiger partial charge in [0.15, 0.2) is 0 Å². The van der Waals surface area contributed by atoms with Gasteiger partial charge in [0.1, 0.15) is 12.4 Å². The monoisotopic (exact) mass is 488 g/mol. The second kappa shape index (κ2) is 11.0. The zero-order valence-corrected chi connectivity index (χ0v) is 19.2. The van der Waals surface area contributed by atoms with Crippen LogP contribution < -0.4 is 10.1 Å². The number of para-hydroxylation sites is 1. The Bertz CT molecular complexity index is 1210. The third kappa shape index (κ3) is 6.76. The number of ether oxygens (including phenoxy) is 1. The van der Waals surface area contributed by atoms with E-state index in [0.717, 1.165) is 35.0 Å². The summed E-state index contributed by atoms with van der Waals surface area (Å²) in [5.41, 5.74) is 3.23. The summed E-state index contributed by atoms with van der Waals surface area (Å²) in [5.74, 6) is -0.0937. The van der Waals surface area contributed by atoms with Crippen molar-refractivity contribution in [2.24, 2.45) is 0 Å². The van der Waals surface area contributed by atoms with E-state index in [1.54, 1.807) is 12.1 Å². The highest BCUT2D eigenvalue weighted by Gasteiger charge is 2.06. The summed E-state index contributed by atoms with van der Waals surface area (Å²) in [4.78, 5) is 13.6. The highest BCUT2D eigenvalue weighted by atomic mass is 35.5. The molecule has 4 aromatic rings. The van der Waals surface area contributed by atoms with E-state index in [1.807, 2.05) is 60.7 Å². The molecule has 4 rings (SSSR count). The largest absolute Gasteiger partial charge is 0.487 e. The minimum atomic E-state index is -0.833. The van der Waals surface area contributed by atoms with Gasteiger partial charge < -0.3 is 15.2 Å². The number of nitrogens with one attached hydrogen (secondary N) is 1. The lowest BCUT2D eigenvalue weighted by molar-refractivity contribution is -0.134. The zero-order chi connectivity index (χ0) is 23.1. The van der Waals surface area contributed by atoms with Crippen molar-refractivity contribution in [2.45, 2.75) is 13.5 Å². The molecule has 0 amide bonds. The van der Waals surface area contributed by atoms with Crippen LogP contribution in [0.2, 0.25) is 15.1 Å². The molecule has 8 heteroatoms. The number of rotatable bonds is 5. The number of benzene rings is 3. The van der Waals surface area contributed by atoms with E-state index < -0.39 is 5.97 Å². The first-order valence-corrected chi connectivity index (χ1v) is 10.6. The van der Waals surface area contributed by atoms with Gasteiger partial charge in [-0.05, 0) is 54.6 Å². The van der Waals surface area contributed by atoms with Gasteiger partial charge in [0, 0.05) is 23.0 Å². The van der Waals surface area contributed by atoms with Crippen molar-refractivity contribution in [1.82, 2.24) is 4.98 Å². The minimum Gasteiger partial charge on any atom is -0.487 e. The summed E-state index contributed by atoms with van der Waals surface area (Å²) in [7, 11) is 0. The van der Waals surface area contributed by atoms with Crippen molar-refractivity contribution in [3.63, 3.8) is 0 Å². The standard InChI is InChI=1S/C22H15Cl3N2O.C2H4O2/c23-15-6-4-14-5-7-17(26-21(14)12-15)13-28-18-10-8-16(9-11-18)27-22-19(24)2-1-3-20(22)25;1-2(3)4/h1-12,27H,13H2;1H3,(H,3,4). The molecule has 1 heterocycles. The van der Waals surface area contributed by atoms with E-state index in [2.05, 4.69) is 10.3 Å². The maximum absolute atomic E-state index is 9.00. The Hall–Kier alpha value is -2.99. The van der Waals surface area contributed by atoms with Gasteiger partial charge in [-0.1, -0.05) is 53.0 Å². The summed E-state index contributed by atoms with van der Waals surface area (Å²) in [5, 5.41) is 13.5. The number of carboxylic acid groups (broad SMARTS) is 1. The number of hydrogen-bond donors (Lipinski definition) is 2. The molecule has 5 nitrogen and oxygen atoms in total. The van der Waals surface area contributed by atoms with Gasteiger partial charge in [0.25, 0.3) is 5.97 Å². The number of aliphatic carboxylic acids is 1. The summed E-state index contributed by atoms with van der Waals surface area (Å²) < 4.78 is 5.85. The van der Waals surface area contributed by atoms with Crippen molar-refractivity contribution < 1.29 is 14.6 Å². The lowest BCUT2D eigenvalue weighted by Crippen LogP contribution is -1.99. The molecule has 0 spiro atoms. The maximum atomic E-state index is 9.00. The van der Waals surface area contributed by atoms with Crippen LogP contribution in [0.5, 0.6) is 5.75 Å². The van der Waals surface area contributed by atoms with Crippen LogP contribution in [-0.4, -0.2) is 16.1 Å². The molecule has 0 fully saturated rings. The van der Waals surface area contributed by atoms with Gasteiger partial charge in [-0.2, -0.15) is 0 Å². The van der Waals surface area contributed by atoms with Gasteiger partial charge in [0.05, 0.1) is 26.9 Å². The Morgan fingerprint density at radius 3 is 2.25 bits per heavy atom. The van der Waals surface area contributed by atoms with Crippen molar-refractivity contribution in [1.29, 1.82) is 0 Å². The van der Waals surface area contributed by atoms with Gasteiger partial charge >= 0.3 is 0 Å². The molecule has 0 saturated heterocycles. The van der Waals surface area contributed by atoms with Gasteiger partial charge in [-0.3, -0.25) is 4.79 Å². The minimum absolute atomic E-state index is 0.367. The molecule has 3 aromatic carbocycles. The fourth-order valence-corrected chi connectivity index (χ4v) is 3.42. The number of halogens is 3. The van der Waals surface area contributed by atoms with E-state index in [4.69, 9.17) is 49.4 Å². The SMILES string of the molecule is CC(=O)O.Clc1ccc2ccc(COc3ccc(Nc4c(Cl)cccc4Cl)cc3)nc2c1. The number of pyridine rings is 1. The second-order valence-corrected chi connectivity index (χ2v) is 7.94. The molecule has 0 atom stereocenters. The van der Waals surface area contributed by atoms with Crippen molar-refractivity contribution >= 4 is 63.0 Å². The third-order valence-corrected chi connectivity index (χ3v) is 5.05. The Labute approximate surface area is 200 Å². The average molecular weight is 490 g/mol. The van der Waals surface area contributed by atoms with Crippen LogP contribution in [0.25, 0.3) is 10.9 Å². The number of carbonyl (C=O) groups is 1. The fourth-order valence-electron chi connectivity index (χ4n) is 2.77. The average Bonchev–Trinajstić information content (AvgIpc) is 2.75. The lowest BCUT2D eigenvalue weighted by atomic mass is 10.2. The summed E-state index contributed by atoms with van der Waals surface area (Å²) in [6, 6.07) is 22.6. The molecule has 0 bridgehead atoms. The van der Waals surface area contributed by atoms with Crippen LogP contribution >= 0.6 is 34.8 Å². The van der Waals surface area contributed by atoms with E-state index in [9.17, 15) is 0 Å². The Morgan fingerprint density at radius 2 is 1.59 bits per heavy atom. The number of carboxylic acids is 1. The van der Waals surface area contributed by atoms with Crippen molar-refractivity contribution in [3.8, 4) is 5.75 Å². The predicted molar refractivity (Wildman–Crippen MR) is 131 cm³/mol. The molecular formula is C24H19Cl3N2O3. The fraction of sp³-hybridized carbons (Fsp3) is 0.0833. The van der Waals surface area contributed by atoms with E-state index in [-0.39, 0.29) is 0 Å². The van der Waals surface area contributed by atoms with Crippen LogP contribution in [0.15, 0.2) is 72.8 Å². The van der Waals surface area contributed by atoms with Crippen molar-refractivity contribution in [2.75, 3.05) is 5.32 Å². The second-order valence-electron chi connectivity index (χ2n) is 6.69. The molecule has 32 heavy (non-hydrogen) atoms. The van der Waals surface area contributed by atoms with Gasteiger partial charge in [-0.25, -0.2) is 4.98 Å². The molecule has 1 aromatic heterocycles. The van der Waals surface area contributed by atoms with Crippen LogP contribution in [-0.2, 0) is 11.4 Å². The number of nitrogens with zero attached hydrogens (tertiary/aromatic N) is 1. The zero-order valence-electron chi connectivity index (χ0n) is 17.0. The molecule has 0 aliphatic rings. The quantitative estimate of drug-likeness (QED) is 0.302. The maximum Gasteiger partial charge on any atom is 0.300 e. The number of anilines is 2. The number of aromatic nitrogens is 1. The summed E-state index contributed by atoms with van der Waals surface area (Å²) in [6.45, 7) is 1.45. The molecule has 0 radical (unpaired) electrons. The lowest BCUT2D eigenvalue weighted by Gasteiger charge is -2.11. The molecule has 0 aliphatic heterocycles. The summed E-state index contributed by atoms with van der Waals surface area (Å²) >= 11 is 18.4. The van der Waals surface area contributed by atoms with Crippen molar-refractivity contribution in [3.05, 3.63) is 93.6 Å². The van der Waals surface area contributed by atoms with E-state index >= 15 is 0 Å². The Kier molecular flexibility index (Phi) is 8.17. The molecule has 0 aliphatic carbocycles. The highest BCUT2D eigenvalue weighted by Crippen LogP contribution is 2.33. The van der Waals surface area contributed by atoms with E-state index in [1.165, 1.54) is 0 Å². The predicted octanol–water partition coefficient (Wildman–Crippen LogP) is 7.61. The van der Waals surface area contributed by atoms with Crippen LogP contribution in [0.1, 0.15) is 12.6 Å². The first kappa shape index (κ1) is 23.7. The van der Waals surface area contributed by atoms with E-state index in [0.29, 0.717) is 27.4 Å². The van der Waals surface area contributed by atoms with Gasteiger partial charge in [-0.15, -0.1) is 0 Å². The molecule has 2 N–H and O–H groups in total. The Balaban J connectivity index is 0.000000668. The van der Waals surface area contributed by atoms with Crippen LogP contribution in [0.4, 0.5) is 11.4 Å². The summed E-state index contributed by atoms with van der Waals surface area (Å²) in [6.07, 6.45) is 0. The topological polar surface area (TPSA) is 71.5 Å². The van der Waals surface area contributed by atoms with Gasteiger partial charge in [0.2, 0.25) is 0 Å². The van der Waals surface area contributed by atoms with Crippen LogP contribution in [0, 0.1) is 0 Å². The number of hydrogen-bond acceptors (Lipinski definition) is 4. The first-order valence-electron chi connectivity index (χ1n) is 9.50. The van der Waals surface area contributed by atoms with Crippen LogP contribution in [0.3, 0.4) is 0 Å².